The van der Waals surface area contributed by atoms with Gasteiger partial charge in [0, 0.05) is 40.2 Å². The lowest BCUT2D eigenvalue weighted by atomic mass is 9.72. The number of fused-ring (bicyclic) bond motifs is 1. The molecule has 3 N–H and O–H groups in total. The second-order valence-electron chi connectivity index (χ2n) is 12.0. The second kappa shape index (κ2) is 11.2. The Bertz CT molecular complexity index is 1720. The van der Waals surface area contributed by atoms with Gasteiger partial charge in [0.05, 0.1) is 17.3 Å². The van der Waals surface area contributed by atoms with Crippen molar-refractivity contribution in [2.24, 2.45) is 11.3 Å². The lowest BCUT2D eigenvalue weighted by Gasteiger charge is -2.34. The molecule has 4 unspecified atom stereocenters. The van der Waals surface area contributed by atoms with Crippen LogP contribution in [-0.2, 0) is 4.79 Å². The molecule has 4 heterocycles. The maximum Gasteiger partial charge on any atom is 0.429 e. The van der Waals surface area contributed by atoms with E-state index in [1.807, 2.05) is 17.3 Å². The van der Waals surface area contributed by atoms with E-state index in [0.29, 0.717) is 46.8 Å². The minimum absolute atomic E-state index is 0.0545. The Labute approximate surface area is 260 Å². The fraction of sp³-hybridized carbons (Fsp3) is 0.467. The van der Waals surface area contributed by atoms with Crippen molar-refractivity contribution in [2.45, 2.75) is 63.9 Å². The highest BCUT2D eigenvalue weighted by Crippen LogP contribution is 2.49. The standard InChI is InChI=1S/C30H32ClF3N6O3S/c1-15-8-11-40(38-15)23-16(2)20(31)5-4-18(23)25(30(32,33)34)43-26-24-22(36-28(35)37-26)19(13-44-24)17-6-9-29(10-7-17)12-21(27(41)42)39(3)14-29/h4-6,8,11,13,16,21,23,25H,7,9-10,12,14H2,1-3H3,(H,41,42)(H2,35,36,37)/t16?,21?,23?,25-,29?/m1/s1. The average Bonchev–Trinajstić information content (AvgIpc) is 3.66. The molecule has 9 nitrogen and oxygen atoms in total. The van der Waals surface area contributed by atoms with Crippen LogP contribution in [0.2, 0.25) is 0 Å². The van der Waals surface area contributed by atoms with Crippen molar-refractivity contribution >= 4 is 50.6 Å². The predicted molar refractivity (Wildman–Crippen MR) is 162 cm³/mol. The SMILES string of the molecule is Cc1ccn(C2C([C@@H](Oc3nc(N)nc4c(C5=CCC6(CC5)CC(C(=O)O)N(C)C6)csc34)C(F)(F)F)=CC=C(Cl)C2C)n1. The maximum atomic E-state index is 14.8. The molecule has 3 aromatic heterocycles. The number of rotatable bonds is 6. The number of ether oxygens (including phenoxy) is 1. The Morgan fingerprint density at radius 1 is 1.32 bits per heavy atom. The summed E-state index contributed by atoms with van der Waals surface area (Å²) in [6.45, 7) is 4.21. The van der Waals surface area contributed by atoms with Gasteiger partial charge in [-0.3, -0.25) is 14.4 Å². The summed E-state index contributed by atoms with van der Waals surface area (Å²) < 4.78 is 52.0. The van der Waals surface area contributed by atoms with Crippen LogP contribution in [0, 0.1) is 18.3 Å². The van der Waals surface area contributed by atoms with Crippen molar-refractivity contribution < 1.29 is 27.8 Å². The van der Waals surface area contributed by atoms with Gasteiger partial charge in [0.1, 0.15) is 10.7 Å². The molecule has 3 aromatic rings. The Morgan fingerprint density at radius 3 is 2.70 bits per heavy atom. The van der Waals surface area contributed by atoms with Crippen LogP contribution >= 0.6 is 22.9 Å². The lowest BCUT2D eigenvalue weighted by molar-refractivity contribution is -0.185. The first-order valence-corrected chi connectivity index (χ1v) is 15.5. The van der Waals surface area contributed by atoms with Gasteiger partial charge in [-0.2, -0.15) is 23.3 Å². The molecule has 1 aliphatic heterocycles. The molecular weight excluding hydrogens is 617 g/mol. The van der Waals surface area contributed by atoms with Gasteiger partial charge in [-0.25, -0.2) is 4.98 Å². The van der Waals surface area contributed by atoms with Crippen LogP contribution in [0.3, 0.4) is 0 Å². The Morgan fingerprint density at radius 2 is 2.09 bits per heavy atom. The number of hydrogen-bond donors (Lipinski definition) is 2. The topological polar surface area (TPSA) is 119 Å². The molecule has 1 saturated heterocycles. The quantitative estimate of drug-likeness (QED) is 0.317. The molecule has 234 valence electrons. The van der Waals surface area contributed by atoms with Gasteiger partial charge < -0.3 is 15.6 Å². The molecule has 1 fully saturated rings. The molecule has 1 spiro atoms. The van der Waals surface area contributed by atoms with Crippen LogP contribution in [0.4, 0.5) is 19.1 Å². The highest BCUT2D eigenvalue weighted by atomic mass is 35.5. The number of nitrogens with two attached hydrogens (primary N) is 1. The van der Waals surface area contributed by atoms with E-state index in [4.69, 9.17) is 22.1 Å². The minimum Gasteiger partial charge on any atom is -0.480 e. The van der Waals surface area contributed by atoms with Crippen LogP contribution in [0.15, 0.2) is 46.5 Å². The third-order valence-electron chi connectivity index (χ3n) is 9.02. The number of aromatic nitrogens is 4. The fourth-order valence-electron chi connectivity index (χ4n) is 6.79. The van der Waals surface area contributed by atoms with Gasteiger partial charge in [0.25, 0.3) is 0 Å². The number of hydrogen-bond acceptors (Lipinski definition) is 8. The summed E-state index contributed by atoms with van der Waals surface area (Å²) in [5.41, 5.74) is 8.73. The zero-order chi connectivity index (χ0) is 31.6. The molecular formula is C30H32ClF3N6O3S. The number of aliphatic carboxylic acids is 1. The minimum atomic E-state index is -4.79. The molecule has 0 radical (unpaired) electrons. The van der Waals surface area contributed by atoms with E-state index in [-0.39, 0.29) is 22.8 Å². The molecule has 0 bridgehead atoms. The summed E-state index contributed by atoms with van der Waals surface area (Å²) in [7, 11) is 1.84. The number of halogens is 4. The molecule has 44 heavy (non-hydrogen) atoms. The van der Waals surface area contributed by atoms with E-state index in [1.165, 1.54) is 28.2 Å². The number of nitrogens with zero attached hydrogens (tertiary/aromatic N) is 5. The molecule has 3 aliphatic rings. The number of carboxylic acid groups (broad SMARTS) is 1. The van der Waals surface area contributed by atoms with Crippen LogP contribution in [0.25, 0.3) is 15.8 Å². The summed E-state index contributed by atoms with van der Waals surface area (Å²) >= 11 is 7.59. The van der Waals surface area contributed by atoms with Gasteiger partial charge in [-0.1, -0.05) is 30.7 Å². The molecule has 0 amide bonds. The number of thiophene rings is 1. The van der Waals surface area contributed by atoms with Crippen molar-refractivity contribution in [1.82, 2.24) is 24.6 Å². The number of alkyl halides is 3. The number of likely N-dealkylation sites (N-methyl/N-ethyl adjacent to an activating group) is 1. The van der Waals surface area contributed by atoms with Crippen molar-refractivity contribution in [3.8, 4) is 5.88 Å². The van der Waals surface area contributed by atoms with Crippen LogP contribution < -0.4 is 10.5 Å². The summed E-state index contributed by atoms with van der Waals surface area (Å²) in [6, 6.07) is 0.377. The first-order valence-electron chi connectivity index (χ1n) is 14.3. The van der Waals surface area contributed by atoms with Gasteiger partial charge >= 0.3 is 12.1 Å². The van der Waals surface area contributed by atoms with Crippen molar-refractivity contribution in [2.75, 3.05) is 19.3 Å². The summed E-state index contributed by atoms with van der Waals surface area (Å²) in [5, 5.41) is 16.2. The highest BCUT2D eigenvalue weighted by Gasteiger charge is 2.49. The number of nitrogen functional groups attached to an aromatic ring is 1. The monoisotopic (exact) mass is 648 g/mol. The van der Waals surface area contributed by atoms with Crippen molar-refractivity contribution in [3.05, 3.63) is 57.7 Å². The summed E-state index contributed by atoms with van der Waals surface area (Å²) in [6.07, 6.45) is 2.15. The molecule has 2 aliphatic carbocycles. The third-order valence-corrected chi connectivity index (χ3v) is 10.5. The number of allylic oxidation sites excluding steroid dienone is 5. The fourth-order valence-corrected chi connectivity index (χ4v) is 7.94. The van der Waals surface area contributed by atoms with E-state index in [1.54, 1.807) is 26.1 Å². The van der Waals surface area contributed by atoms with Crippen LogP contribution in [0.1, 0.15) is 49.9 Å². The third kappa shape index (κ3) is 5.49. The van der Waals surface area contributed by atoms with E-state index < -0.39 is 36.3 Å². The summed E-state index contributed by atoms with van der Waals surface area (Å²) in [5.74, 6) is -1.75. The molecule has 0 aromatic carbocycles. The van der Waals surface area contributed by atoms with E-state index in [9.17, 15) is 23.1 Å². The first-order chi connectivity index (χ1) is 20.8. The number of anilines is 1. The first kappa shape index (κ1) is 30.6. The predicted octanol–water partition coefficient (Wildman–Crippen LogP) is 6.37. The number of aryl methyl sites for hydroxylation is 1. The molecule has 14 heteroatoms. The Hall–Kier alpha value is -3.42. The van der Waals surface area contributed by atoms with Crippen LogP contribution in [0.5, 0.6) is 5.88 Å². The molecule has 5 atom stereocenters. The van der Waals surface area contributed by atoms with Gasteiger partial charge in [-0.05, 0) is 62.8 Å². The van der Waals surface area contributed by atoms with E-state index in [0.717, 1.165) is 17.6 Å². The largest absolute Gasteiger partial charge is 0.480 e. The molecule has 0 saturated carbocycles. The van der Waals surface area contributed by atoms with Crippen LogP contribution in [-0.4, -0.2) is 67.6 Å². The average molecular weight is 649 g/mol. The van der Waals surface area contributed by atoms with Crippen molar-refractivity contribution in [1.29, 1.82) is 0 Å². The Balaban J connectivity index is 1.34. The van der Waals surface area contributed by atoms with E-state index >= 15 is 0 Å². The zero-order valence-corrected chi connectivity index (χ0v) is 25.9. The van der Waals surface area contributed by atoms with Gasteiger partial charge in [0.15, 0.2) is 0 Å². The highest BCUT2D eigenvalue weighted by molar-refractivity contribution is 7.17. The second-order valence-corrected chi connectivity index (χ2v) is 13.4. The van der Waals surface area contributed by atoms with E-state index in [2.05, 4.69) is 21.1 Å². The van der Waals surface area contributed by atoms with Gasteiger partial charge in [-0.15, -0.1) is 11.3 Å². The smallest absolute Gasteiger partial charge is 0.429 e. The number of likely N-dealkylation sites (tertiary alicyclic amines) is 1. The van der Waals surface area contributed by atoms with Gasteiger partial charge in [0.2, 0.25) is 17.9 Å². The molecule has 6 rings (SSSR count). The lowest BCUT2D eigenvalue weighted by Crippen LogP contribution is -2.41. The normalized spacial score (nSPS) is 26.9. The van der Waals surface area contributed by atoms with Crippen molar-refractivity contribution in [3.63, 3.8) is 0 Å². The summed E-state index contributed by atoms with van der Waals surface area (Å²) in [4.78, 5) is 22.1. The number of carboxylic acids is 1. The Kier molecular flexibility index (Phi) is 7.78. The zero-order valence-electron chi connectivity index (χ0n) is 24.3. The maximum absolute atomic E-state index is 14.8. The number of carbonyl (C=O) groups is 1.